The van der Waals surface area contributed by atoms with Crippen LogP contribution < -0.4 is 10.1 Å². The van der Waals surface area contributed by atoms with E-state index in [0.29, 0.717) is 17.0 Å². The van der Waals surface area contributed by atoms with Crippen LogP contribution in [0, 0.1) is 0 Å². The number of carbonyl (C=O) groups is 2. The standard InChI is InChI=1S/C20H22N2O4S2/c1-4-25-19(23)17-16(11-26-14-5-7-15(27-3)8-6-14)22(2)20(24)21-18(17)13-9-10-28-12-13/h5-10,12,18H,4,11H2,1-3H3,(H,21,24). The van der Waals surface area contributed by atoms with Crippen molar-refractivity contribution in [1.29, 1.82) is 0 Å². The summed E-state index contributed by atoms with van der Waals surface area (Å²) in [6.07, 6.45) is 2.01. The summed E-state index contributed by atoms with van der Waals surface area (Å²) in [7, 11) is 1.62. The lowest BCUT2D eigenvalue weighted by atomic mass is 9.97. The van der Waals surface area contributed by atoms with Gasteiger partial charge in [-0.25, -0.2) is 9.59 Å². The Kier molecular flexibility index (Phi) is 6.64. The van der Waals surface area contributed by atoms with E-state index in [4.69, 9.17) is 9.47 Å². The molecule has 0 fully saturated rings. The van der Waals surface area contributed by atoms with E-state index in [-0.39, 0.29) is 19.2 Å². The highest BCUT2D eigenvalue weighted by atomic mass is 32.2. The molecule has 2 heterocycles. The van der Waals surface area contributed by atoms with Crippen molar-refractivity contribution in [2.75, 3.05) is 26.5 Å². The van der Waals surface area contributed by atoms with Crippen LogP contribution in [0.5, 0.6) is 5.75 Å². The first-order valence-corrected chi connectivity index (χ1v) is 10.9. The van der Waals surface area contributed by atoms with Crippen LogP contribution in [-0.4, -0.2) is 43.4 Å². The summed E-state index contributed by atoms with van der Waals surface area (Å²) in [6, 6.07) is 8.70. The average molecular weight is 419 g/mol. The summed E-state index contributed by atoms with van der Waals surface area (Å²) in [5, 5.41) is 6.70. The number of ether oxygens (including phenoxy) is 2. The number of thiophene rings is 1. The fourth-order valence-corrected chi connectivity index (χ4v) is 3.99. The third-order valence-corrected chi connectivity index (χ3v) is 5.83. The van der Waals surface area contributed by atoms with Gasteiger partial charge in [0.05, 0.1) is 23.9 Å². The summed E-state index contributed by atoms with van der Waals surface area (Å²) >= 11 is 3.15. The Labute approximate surface area is 172 Å². The van der Waals surface area contributed by atoms with E-state index in [2.05, 4.69) is 5.32 Å². The average Bonchev–Trinajstić information content (AvgIpc) is 3.24. The van der Waals surface area contributed by atoms with Crippen molar-refractivity contribution < 1.29 is 19.1 Å². The molecule has 0 spiro atoms. The summed E-state index contributed by atoms with van der Waals surface area (Å²) < 4.78 is 11.2. The second-order valence-corrected chi connectivity index (χ2v) is 7.70. The molecule has 1 atom stereocenters. The van der Waals surface area contributed by atoms with Gasteiger partial charge in [-0.15, -0.1) is 11.8 Å². The lowest BCUT2D eigenvalue weighted by molar-refractivity contribution is -0.139. The molecule has 0 saturated carbocycles. The van der Waals surface area contributed by atoms with Crippen LogP contribution in [-0.2, 0) is 9.53 Å². The van der Waals surface area contributed by atoms with Gasteiger partial charge in [-0.2, -0.15) is 11.3 Å². The van der Waals surface area contributed by atoms with Crippen molar-refractivity contribution in [3.8, 4) is 5.75 Å². The second kappa shape index (κ2) is 9.16. The Hall–Kier alpha value is -2.45. The predicted molar refractivity (Wildman–Crippen MR) is 111 cm³/mol. The topological polar surface area (TPSA) is 67.9 Å². The molecule has 148 valence electrons. The SMILES string of the molecule is CCOC(=O)C1=C(COc2ccc(SC)cc2)N(C)C(=O)NC1c1ccsc1. The number of likely N-dealkylation sites (N-methyl/N-ethyl adjacent to an activating group) is 1. The summed E-state index contributed by atoms with van der Waals surface area (Å²) in [5.74, 6) is 0.210. The van der Waals surface area contributed by atoms with Crippen LogP contribution in [0.25, 0.3) is 0 Å². The number of rotatable bonds is 7. The molecule has 0 bridgehead atoms. The Morgan fingerprint density at radius 2 is 2.04 bits per heavy atom. The third kappa shape index (κ3) is 4.34. The largest absolute Gasteiger partial charge is 0.487 e. The van der Waals surface area contributed by atoms with Crippen molar-refractivity contribution >= 4 is 35.1 Å². The molecule has 1 aromatic carbocycles. The van der Waals surface area contributed by atoms with Crippen molar-refractivity contribution in [3.05, 3.63) is 57.9 Å². The molecular formula is C20H22N2O4S2. The van der Waals surface area contributed by atoms with E-state index in [1.54, 1.807) is 25.7 Å². The molecule has 1 N–H and O–H groups in total. The normalized spacial score (nSPS) is 16.8. The lowest BCUT2D eigenvalue weighted by Gasteiger charge is -2.34. The maximum atomic E-state index is 12.7. The number of esters is 1. The number of thioether (sulfide) groups is 1. The highest BCUT2D eigenvalue weighted by molar-refractivity contribution is 7.98. The Balaban J connectivity index is 1.95. The van der Waals surface area contributed by atoms with Crippen LogP contribution in [0.4, 0.5) is 4.79 Å². The van der Waals surface area contributed by atoms with E-state index in [9.17, 15) is 9.59 Å². The Bertz CT molecular complexity index is 863. The van der Waals surface area contributed by atoms with E-state index in [0.717, 1.165) is 10.5 Å². The number of nitrogens with zero attached hydrogens (tertiary/aromatic N) is 1. The highest BCUT2D eigenvalue weighted by Gasteiger charge is 2.37. The minimum Gasteiger partial charge on any atom is -0.487 e. The van der Waals surface area contributed by atoms with E-state index < -0.39 is 12.0 Å². The van der Waals surface area contributed by atoms with Crippen LogP contribution in [0.2, 0.25) is 0 Å². The third-order valence-electron chi connectivity index (χ3n) is 4.38. The number of hydrogen-bond acceptors (Lipinski definition) is 6. The first-order valence-electron chi connectivity index (χ1n) is 8.78. The maximum Gasteiger partial charge on any atom is 0.338 e. The van der Waals surface area contributed by atoms with Gasteiger partial charge in [0.15, 0.2) is 0 Å². The van der Waals surface area contributed by atoms with Crippen molar-refractivity contribution in [2.24, 2.45) is 0 Å². The van der Waals surface area contributed by atoms with Crippen LogP contribution in [0.15, 0.2) is 57.3 Å². The fraction of sp³-hybridized carbons (Fsp3) is 0.300. The van der Waals surface area contributed by atoms with Crippen molar-refractivity contribution in [3.63, 3.8) is 0 Å². The fourth-order valence-electron chi connectivity index (χ4n) is 2.89. The van der Waals surface area contributed by atoms with Gasteiger partial charge in [-0.3, -0.25) is 4.90 Å². The van der Waals surface area contributed by atoms with Gasteiger partial charge in [0.1, 0.15) is 12.4 Å². The second-order valence-electron chi connectivity index (χ2n) is 6.04. The molecular weight excluding hydrogens is 396 g/mol. The molecule has 0 saturated heterocycles. The van der Waals surface area contributed by atoms with Gasteiger partial charge >= 0.3 is 12.0 Å². The minimum atomic E-state index is -0.563. The molecule has 0 aliphatic carbocycles. The zero-order valence-corrected chi connectivity index (χ0v) is 17.6. The van der Waals surface area contributed by atoms with Crippen LogP contribution in [0.3, 0.4) is 0 Å². The zero-order chi connectivity index (χ0) is 20.1. The number of amides is 2. The summed E-state index contributed by atoms with van der Waals surface area (Å²) in [6.45, 7) is 2.09. The first-order chi connectivity index (χ1) is 13.5. The highest BCUT2D eigenvalue weighted by Crippen LogP contribution is 2.32. The smallest absolute Gasteiger partial charge is 0.338 e. The molecule has 0 radical (unpaired) electrons. The van der Waals surface area contributed by atoms with Crippen molar-refractivity contribution in [1.82, 2.24) is 10.2 Å². The van der Waals surface area contributed by atoms with Crippen LogP contribution in [0.1, 0.15) is 18.5 Å². The predicted octanol–water partition coefficient (Wildman–Crippen LogP) is 4.06. The van der Waals surface area contributed by atoms with Gasteiger partial charge in [0.25, 0.3) is 0 Å². The molecule has 1 unspecified atom stereocenters. The van der Waals surface area contributed by atoms with Crippen molar-refractivity contribution in [2.45, 2.75) is 17.9 Å². The van der Waals surface area contributed by atoms with E-state index in [1.807, 2.05) is 47.3 Å². The van der Waals surface area contributed by atoms with Gasteiger partial charge in [-0.1, -0.05) is 0 Å². The molecule has 28 heavy (non-hydrogen) atoms. The van der Waals surface area contributed by atoms with E-state index >= 15 is 0 Å². The molecule has 6 nitrogen and oxygen atoms in total. The Morgan fingerprint density at radius 3 is 2.64 bits per heavy atom. The summed E-state index contributed by atoms with van der Waals surface area (Å²) in [5.41, 5.74) is 1.73. The molecule has 8 heteroatoms. The number of carbonyl (C=O) groups excluding carboxylic acids is 2. The Morgan fingerprint density at radius 1 is 1.29 bits per heavy atom. The van der Waals surface area contributed by atoms with Crippen LogP contribution >= 0.6 is 23.1 Å². The number of benzene rings is 1. The molecule has 3 rings (SSSR count). The number of urea groups is 1. The van der Waals surface area contributed by atoms with E-state index in [1.165, 1.54) is 16.2 Å². The maximum absolute atomic E-state index is 12.7. The zero-order valence-electron chi connectivity index (χ0n) is 15.9. The van der Waals surface area contributed by atoms with Gasteiger partial charge < -0.3 is 14.8 Å². The quantitative estimate of drug-likeness (QED) is 0.542. The number of nitrogens with one attached hydrogen (secondary N) is 1. The molecule has 2 aromatic rings. The van der Waals surface area contributed by atoms with Gasteiger partial charge in [-0.05, 0) is 59.8 Å². The monoisotopic (exact) mass is 418 g/mol. The molecule has 1 aromatic heterocycles. The minimum absolute atomic E-state index is 0.0807. The number of hydrogen-bond donors (Lipinski definition) is 1. The lowest BCUT2D eigenvalue weighted by Crippen LogP contribution is -2.48. The molecule has 1 aliphatic heterocycles. The molecule has 1 aliphatic rings. The first kappa shape index (κ1) is 20.3. The summed E-state index contributed by atoms with van der Waals surface area (Å²) in [4.78, 5) is 27.8. The van der Waals surface area contributed by atoms with Gasteiger partial charge in [0.2, 0.25) is 0 Å². The van der Waals surface area contributed by atoms with Gasteiger partial charge in [0, 0.05) is 11.9 Å². The molecule has 2 amide bonds.